The van der Waals surface area contributed by atoms with E-state index >= 15 is 0 Å². The summed E-state index contributed by atoms with van der Waals surface area (Å²) < 4.78 is 0. The zero-order valence-electron chi connectivity index (χ0n) is 12.2. The van der Waals surface area contributed by atoms with Gasteiger partial charge < -0.3 is 4.84 Å². The molecule has 0 spiro atoms. The average Bonchev–Trinajstić information content (AvgIpc) is 2.54. The van der Waals surface area contributed by atoms with Gasteiger partial charge in [-0.1, -0.05) is 42.7 Å². The van der Waals surface area contributed by atoms with Crippen LogP contribution in [0.4, 0.5) is 0 Å². The van der Waals surface area contributed by atoms with Crippen LogP contribution >= 0.6 is 0 Å². The lowest BCUT2D eigenvalue weighted by molar-refractivity contribution is -0.169. The quantitative estimate of drug-likeness (QED) is 0.813. The fourth-order valence-corrected chi connectivity index (χ4v) is 2.56. The molecule has 0 atom stereocenters. The highest BCUT2D eigenvalue weighted by atomic mass is 16.7. The molecule has 0 N–H and O–H groups in total. The summed E-state index contributed by atoms with van der Waals surface area (Å²) in [4.78, 5) is 41.7. The molecular weight excluding hydrogens is 282 g/mol. The van der Waals surface area contributed by atoms with E-state index in [4.69, 9.17) is 4.84 Å². The van der Waals surface area contributed by atoms with Gasteiger partial charge in [0.15, 0.2) is 0 Å². The number of hydrogen-bond donors (Lipinski definition) is 0. The molecule has 2 amide bonds. The molecule has 1 aliphatic heterocycles. The standard InChI is InChI=1S/C17H15NO4/c1-2-3-10-14(19)22-18-16(20)12-8-4-6-11-7-5-9-13(15(11)12)17(18)21/h4-9H,2-3,10H2,1H3. The summed E-state index contributed by atoms with van der Waals surface area (Å²) in [6.07, 6.45) is 1.67. The van der Waals surface area contributed by atoms with Crippen molar-refractivity contribution < 1.29 is 19.2 Å². The predicted octanol–water partition coefficient (Wildman–Crippen LogP) is 3.08. The third-order valence-electron chi connectivity index (χ3n) is 3.66. The molecule has 0 saturated carbocycles. The smallest absolute Gasteiger partial charge is 0.330 e. The number of carbonyl (C=O) groups is 3. The molecule has 3 rings (SSSR count). The first kappa shape index (κ1) is 14.3. The van der Waals surface area contributed by atoms with E-state index in [1.807, 2.05) is 19.1 Å². The van der Waals surface area contributed by atoms with Crippen LogP contribution in [0.25, 0.3) is 10.8 Å². The summed E-state index contributed by atoms with van der Waals surface area (Å²) in [5, 5.41) is 2.00. The number of amides is 2. The van der Waals surface area contributed by atoms with Crippen LogP contribution in [0, 0.1) is 0 Å². The lowest BCUT2D eigenvalue weighted by atomic mass is 9.95. The number of benzene rings is 2. The van der Waals surface area contributed by atoms with Crippen molar-refractivity contribution in [2.45, 2.75) is 26.2 Å². The molecule has 0 bridgehead atoms. The predicted molar refractivity (Wildman–Crippen MR) is 80.1 cm³/mol. The molecule has 5 heteroatoms. The molecule has 0 saturated heterocycles. The lowest BCUT2D eigenvalue weighted by Crippen LogP contribution is -2.41. The van der Waals surface area contributed by atoms with E-state index in [1.165, 1.54) is 0 Å². The van der Waals surface area contributed by atoms with Gasteiger partial charge in [0.05, 0.1) is 11.1 Å². The summed E-state index contributed by atoms with van der Waals surface area (Å²) >= 11 is 0. The summed E-state index contributed by atoms with van der Waals surface area (Å²) in [6, 6.07) is 10.4. The van der Waals surface area contributed by atoms with Crippen molar-refractivity contribution in [3.8, 4) is 0 Å². The van der Waals surface area contributed by atoms with Crippen LogP contribution in [-0.4, -0.2) is 22.8 Å². The number of unbranched alkanes of at least 4 members (excludes halogenated alkanes) is 1. The molecule has 0 aliphatic carbocycles. The maximum absolute atomic E-state index is 12.5. The Morgan fingerprint density at radius 3 is 2.18 bits per heavy atom. The van der Waals surface area contributed by atoms with Gasteiger partial charge in [-0.2, -0.15) is 0 Å². The second kappa shape index (κ2) is 5.60. The van der Waals surface area contributed by atoms with Gasteiger partial charge in [0.25, 0.3) is 11.8 Å². The molecule has 112 valence electrons. The van der Waals surface area contributed by atoms with Gasteiger partial charge in [0.2, 0.25) is 0 Å². The van der Waals surface area contributed by atoms with E-state index in [0.717, 1.165) is 11.8 Å². The van der Waals surface area contributed by atoms with Crippen molar-refractivity contribution in [3.05, 3.63) is 47.5 Å². The van der Waals surface area contributed by atoms with Gasteiger partial charge in [-0.05, 0) is 23.9 Å². The highest BCUT2D eigenvalue weighted by Crippen LogP contribution is 2.30. The normalized spacial score (nSPS) is 13.6. The van der Waals surface area contributed by atoms with E-state index in [0.29, 0.717) is 28.0 Å². The molecule has 0 unspecified atom stereocenters. The van der Waals surface area contributed by atoms with Gasteiger partial charge in [-0.15, -0.1) is 0 Å². The topological polar surface area (TPSA) is 63.7 Å². The van der Waals surface area contributed by atoms with Crippen LogP contribution in [0.5, 0.6) is 0 Å². The molecule has 2 aromatic rings. The second-order valence-electron chi connectivity index (χ2n) is 5.18. The van der Waals surface area contributed by atoms with E-state index < -0.39 is 17.8 Å². The van der Waals surface area contributed by atoms with Gasteiger partial charge in [-0.3, -0.25) is 9.59 Å². The maximum atomic E-state index is 12.5. The molecule has 2 aromatic carbocycles. The van der Waals surface area contributed by atoms with Crippen molar-refractivity contribution in [2.75, 3.05) is 0 Å². The molecular formula is C17H15NO4. The Balaban J connectivity index is 1.99. The van der Waals surface area contributed by atoms with Crippen LogP contribution in [-0.2, 0) is 9.63 Å². The highest BCUT2D eigenvalue weighted by molar-refractivity contribution is 6.25. The Labute approximate surface area is 127 Å². The summed E-state index contributed by atoms with van der Waals surface area (Å²) in [6.45, 7) is 1.95. The molecule has 0 aromatic heterocycles. The Bertz CT molecular complexity index is 731. The Hall–Kier alpha value is -2.69. The summed E-state index contributed by atoms with van der Waals surface area (Å²) in [5.41, 5.74) is 0.743. The first-order chi connectivity index (χ1) is 10.6. The zero-order chi connectivity index (χ0) is 15.7. The Morgan fingerprint density at radius 2 is 1.64 bits per heavy atom. The van der Waals surface area contributed by atoms with Crippen LogP contribution in [0.1, 0.15) is 46.9 Å². The fourth-order valence-electron chi connectivity index (χ4n) is 2.56. The third-order valence-corrected chi connectivity index (χ3v) is 3.66. The van der Waals surface area contributed by atoms with E-state index in [-0.39, 0.29) is 6.42 Å². The fraction of sp³-hybridized carbons (Fsp3) is 0.235. The minimum absolute atomic E-state index is 0.180. The Morgan fingerprint density at radius 1 is 1.05 bits per heavy atom. The largest absolute Gasteiger partial charge is 0.333 e. The SMILES string of the molecule is CCCCC(=O)ON1C(=O)c2cccc3cccc(c23)C1=O. The van der Waals surface area contributed by atoms with Crippen molar-refractivity contribution >= 4 is 28.6 Å². The zero-order valence-corrected chi connectivity index (χ0v) is 12.2. The average molecular weight is 297 g/mol. The van der Waals surface area contributed by atoms with Gasteiger partial charge >= 0.3 is 5.97 Å². The van der Waals surface area contributed by atoms with E-state index in [9.17, 15) is 14.4 Å². The number of hydrogen-bond acceptors (Lipinski definition) is 4. The maximum Gasteiger partial charge on any atom is 0.333 e. The van der Waals surface area contributed by atoms with Crippen molar-refractivity contribution in [2.24, 2.45) is 0 Å². The number of rotatable bonds is 4. The molecule has 5 nitrogen and oxygen atoms in total. The minimum atomic E-state index is -0.598. The van der Waals surface area contributed by atoms with Crippen molar-refractivity contribution in [1.82, 2.24) is 5.06 Å². The number of nitrogens with zero attached hydrogens (tertiary/aromatic N) is 1. The molecule has 0 fully saturated rings. The van der Waals surface area contributed by atoms with E-state index in [2.05, 4.69) is 0 Å². The van der Waals surface area contributed by atoms with Crippen LogP contribution in [0.15, 0.2) is 36.4 Å². The monoisotopic (exact) mass is 297 g/mol. The number of carbonyl (C=O) groups excluding carboxylic acids is 3. The van der Waals surface area contributed by atoms with Gasteiger partial charge in [0.1, 0.15) is 0 Å². The lowest BCUT2D eigenvalue weighted by Gasteiger charge is -2.25. The molecule has 1 heterocycles. The van der Waals surface area contributed by atoms with Gasteiger partial charge in [0, 0.05) is 11.8 Å². The number of imide groups is 1. The molecule has 1 aliphatic rings. The third kappa shape index (κ3) is 2.24. The Kier molecular flexibility index (Phi) is 3.63. The summed E-state index contributed by atoms with van der Waals surface area (Å²) in [5.74, 6) is -1.77. The first-order valence-corrected chi connectivity index (χ1v) is 7.24. The van der Waals surface area contributed by atoms with Gasteiger partial charge in [-0.25, -0.2) is 4.79 Å². The van der Waals surface area contributed by atoms with Crippen LogP contribution in [0.2, 0.25) is 0 Å². The summed E-state index contributed by atoms with van der Waals surface area (Å²) in [7, 11) is 0. The van der Waals surface area contributed by atoms with Crippen LogP contribution < -0.4 is 0 Å². The molecule has 0 radical (unpaired) electrons. The van der Waals surface area contributed by atoms with Crippen molar-refractivity contribution in [1.29, 1.82) is 0 Å². The van der Waals surface area contributed by atoms with Crippen molar-refractivity contribution in [3.63, 3.8) is 0 Å². The highest BCUT2D eigenvalue weighted by Gasteiger charge is 2.35. The van der Waals surface area contributed by atoms with Crippen LogP contribution in [0.3, 0.4) is 0 Å². The second-order valence-corrected chi connectivity index (χ2v) is 5.18. The molecule has 22 heavy (non-hydrogen) atoms. The first-order valence-electron chi connectivity index (χ1n) is 7.24. The minimum Gasteiger partial charge on any atom is -0.330 e. The number of hydroxylamine groups is 2. The van der Waals surface area contributed by atoms with E-state index in [1.54, 1.807) is 24.3 Å².